The molecule has 0 aromatic carbocycles. The average Bonchev–Trinajstić information content (AvgIpc) is 2.68. The molecule has 2 aliphatic rings. The lowest BCUT2D eigenvalue weighted by molar-refractivity contribution is -0.143. The lowest BCUT2D eigenvalue weighted by atomic mass is 9.69. The van der Waals surface area contributed by atoms with E-state index < -0.39 is 0 Å². The predicted molar refractivity (Wildman–Crippen MR) is 44.0 cm³/mol. The van der Waals surface area contributed by atoms with E-state index in [1.165, 1.54) is 19.3 Å². The maximum absolute atomic E-state index is 5.53. The van der Waals surface area contributed by atoms with E-state index in [0.717, 1.165) is 13.2 Å². The fourth-order valence-electron chi connectivity index (χ4n) is 2.12. The summed E-state index contributed by atoms with van der Waals surface area (Å²) in [7, 11) is 0. The molecule has 60 valence electrons. The first-order chi connectivity index (χ1) is 5.29. The molecule has 1 saturated carbocycles. The number of hydrogen-bond acceptors (Lipinski definition) is 1. The Labute approximate surface area is 68.1 Å². The zero-order valence-electron chi connectivity index (χ0n) is 7.02. The molecule has 0 amide bonds. The van der Waals surface area contributed by atoms with Gasteiger partial charge in [-0.05, 0) is 19.3 Å². The van der Waals surface area contributed by atoms with Gasteiger partial charge < -0.3 is 4.74 Å². The van der Waals surface area contributed by atoms with Crippen LogP contribution >= 0.6 is 0 Å². The highest BCUT2D eigenvalue weighted by Gasteiger charge is 2.60. The molecule has 0 unspecified atom stereocenters. The average molecular weight is 150 g/mol. The largest absolute Gasteiger partial charge is 0.380 e. The van der Waals surface area contributed by atoms with Gasteiger partial charge in [-0.15, -0.1) is 6.42 Å². The van der Waals surface area contributed by atoms with Crippen molar-refractivity contribution in [2.45, 2.75) is 26.2 Å². The molecule has 11 heavy (non-hydrogen) atoms. The molecule has 0 atom stereocenters. The van der Waals surface area contributed by atoms with Crippen molar-refractivity contribution in [3.63, 3.8) is 0 Å². The lowest BCUT2D eigenvalue weighted by Gasteiger charge is -2.45. The van der Waals surface area contributed by atoms with E-state index in [1.54, 1.807) is 0 Å². The lowest BCUT2D eigenvalue weighted by Crippen LogP contribution is -2.48. The van der Waals surface area contributed by atoms with Gasteiger partial charge in [0.25, 0.3) is 0 Å². The van der Waals surface area contributed by atoms with E-state index in [1.807, 2.05) is 0 Å². The van der Waals surface area contributed by atoms with Crippen molar-refractivity contribution >= 4 is 0 Å². The smallest absolute Gasteiger partial charge is 0.0559 e. The molecule has 2 fully saturated rings. The minimum absolute atomic E-state index is 0.236. The van der Waals surface area contributed by atoms with E-state index >= 15 is 0 Å². The summed E-state index contributed by atoms with van der Waals surface area (Å²) in [6.45, 7) is 4.02. The first-order valence-corrected chi connectivity index (χ1v) is 4.34. The van der Waals surface area contributed by atoms with E-state index in [4.69, 9.17) is 11.2 Å². The van der Waals surface area contributed by atoms with E-state index in [-0.39, 0.29) is 5.41 Å². The van der Waals surface area contributed by atoms with Gasteiger partial charge in [-0.2, -0.15) is 0 Å². The Morgan fingerprint density at radius 1 is 1.45 bits per heavy atom. The van der Waals surface area contributed by atoms with Gasteiger partial charge in [0.1, 0.15) is 0 Å². The number of terminal acetylenes is 1. The van der Waals surface area contributed by atoms with Crippen LogP contribution in [0.1, 0.15) is 26.2 Å². The predicted octanol–water partition coefficient (Wildman–Crippen LogP) is 1.83. The summed E-state index contributed by atoms with van der Waals surface area (Å²) >= 11 is 0. The molecular weight excluding hydrogens is 136 g/mol. The van der Waals surface area contributed by atoms with Crippen molar-refractivity contribution in [1.29, 1.82) is 0 Å². The van der Waals surface area contributed by atoms with Crippen LogP contribution in [0.15, 0.2) is 0 Å². The molecule has 1 heterocycles. The van der Waals surface area contributed by atoms with E-state index in [0.29, 0.717) is 5.41 Å². The standard InChI is InChI=1S/C10H14O/c1-3-9(5-6-9)10(4-2)7-11-8-10/h1H,4-8H2,2H3. The number of ether oxygens (including phenoxy) is 1. The Morgan fingerprint density at radius 2 is 2.09 bits per heavy atom. The highest BCUT2D eigenvalue weighted by Crippen LogP contribution is 2.62. The quantitative estimate of drug-likeness (QED) is 0.546. The van der Waals surface area contributed by atoms with Crippen molar-refractivity contribution < 1.29 is 4.74 Å². The fourth-order valence-corrected chi connectivity index (χ4v) is 2.12. The Balaban J connectivity index is 2.19. The van der Waals surface area contributed by atoms with Crippen LogP contribution in [-0.4, -0.2) is 13.2 Å². The maximum Gasteiger partial charge on any atom is 0.0559 e. The van der Waals surface area contributed by atoms with Crippen molar-refractivity contribution in [2.75, 3.05) is 13.2 Å². The first-order valence-electron chi connectivity index (χ1n) is 4.34. The van der Waals surface area contributed by atoms with Crippen molar-refractivity contribution in [2.24, 2.45) is 10.8 Å². The third-order valence-corrected chi connectivity index (χ3v) is 3.47. The highest BCUT2D eigenvalue weighted by atomic mass is 16.5. The van der Waals surface area contributed by atoms with Gasteiger partial charge in [-0.25, -0.2) is 0 Å². The summed E-state index contributed by atoms with van der Waals surface area (Å²) in [5.41, 5.74) is 0.599. The fraction of sp³-hybridized carbons (Fsp3) is 0.800. The molecule has 0 radical (unpaired) electrons. The molecule has 0 spiro atoms. The van der Waals surface area contributed by atoms with Gasteiger partial charge in [-0.1, -0.05) is 12.8 Å². The second-order valence-corrected chi connectivity index (χ2v) is 3.85. The molecular formula is C10H14O. The summed E-state index contributed by atoms with van der Waals surface area (Å²) in [5.74, 6) is 2.97. The molecule has 0 aromatic rings. The van der Waals surface area contributed by atoms with Gasteiger partial charge in [0.05, 0.1) is 13.2 Å². The molecule has 0 bridgehead atoms. The Hall–Kier alpha value is -0.480. The van der Waals surface area contributed by atoms with Crippen molar-refractivity contribution in [1.82, 2.24) is 0 Å². The number of hydrogen-bond donors (Lipinski definition) is 0. The second kappa shape index (κ2) is 2.01. The van der Waals surface area contributed by atoms with Crippen molar-refractivity contribution in [3.8, 4) is 12.3 Å². The van der Waals surface area contributed by atoms with Crippen LogP contribution in [0.4, 0.5) is 0 Å². The van der Waals surface area contributed by atoms with Crippen LogP contribution in [0.3, 0.4) is 0 Å². The van der Waals surface area contributed by atoms with Gasteiger partial charge in [0.2, 0.25) is 0 Å². The van der Waals surface area contributed by atoms with Crippen molar-refractivity contribution in [3.05, 3.63) is 0 Å². The summed E-state index contributed by atoms with van der Waals surface area (Å²) in [4.78, 5) is 0. The monoisotopic (exact) mass is 150 g/mol. The van der Waals surface area contributed by atoms with Crippen LogP contribution < -0.4 is 0 Å². The third-order valence-electron chi connectivity index (χ3n) is 3.47. The van der Waals surface area contributed by atoms with Crippen LogP contribution in [-0.2, 0) is 4.74 Å². The molecule has 0 aromatic heterocycles. The molecule has 1 aliphatic heterocycles. The minimum Gasteiger partial charge on any atom is -0.380 e. The van der Waals surface area contributed by atoms with Gasteiger partial charge in [-0.3, -0.25) is 0 Å². The SMILES string of the molecule is C#CC1(C2(CC)COC2)CC1. The second-order valence-electron chi connectivity index (χ2n) is 3.85. The first kappa shape index (κ1) is 7.18. The van der Waals surface area contributed by atoms with Crippen LogP contribution in [0.2, 0.25) is 0 Å². The van der Waals surface area contributed by atoms with E-state index in [2.05, 4.69) is 12.8 Å². The molecule has 1 aliphatic carbocycles. The molecule has 1 saturated heterocycles. The van der Waals surface area contributed by atoms with Gasteiger partial charge in [0, 0.05) is 10.8 Å². The molecule has 2 rings (SSSR count). The van der Waals surface area contributed by atoms with Crippen LogP contribution in [0, 0.1) is 23.2 Å². The van der Waals surface area contributed by atoms with E-state index in [9.17, 15) is 0 Å². The molecule has 1 nitrogen and oxygen atoms in total. The van der Waals surface area contributed by atoms with Gasteiger partial charge >= 0.3 is 0 Å². The summed E-state index contributed by atoms with van der Waals surface area (Å²) in [6, 6.07) is 0. The zero-order chi connectivity index (χ0) is 7.95. The normalized spacial score (nSPS) is 30.2. The minimum atomic E-state index is 0.236. The summed E-state index contributed by atoms with van der Waals surface area (Å²) < 4.78 is 5.26. The Bertz CT molecular complexity index is 198. The third kappa shape index (κ3) is 0.711. The summed E-state index contributed by atoms with van der Waals surface area (Å²) in [5, 5.41) is 0. The molecule has 0 N–H and O–H groups in total. The zero-order valence-corrected chi connectivity index (χ0v) is 7.02. The Morgan fingerprint density at radius 3 is 2.18 bits per heavy atom. The Kier molecular flexibility index (Phi) is 1.32. The highest BCUT2D eigenvalue weighted by molar-refractivity contribution is 5.24. The number of rotatable bonds is 2. The van der Waals surface area contributed by atoms with Crippen LogP contribution in [0.5, 0.6) is 0 Å². The maximum atomic E-state index is 5.53. The summed E-state index contributed by atoms with van der Waals surface area (Å²) in [6.07, 6.45) is 9.16. The van der Waals surface area contributed by atoms with Crippen LogP contribution in [0.25, 0.3) is 0 Å². The topological polar surface area (TPSA) is 9.23 Å². The molecule has 1 heteroatoms. The van der Waals surface area contributed by atoms with Gasteiger partial charge in [0.15, 0.2) is 0 Å².